The van der Waals surface area contributed by atoms with Crippen LogP contribution >= 0.6 is 11.3 Å². The van der Waals surface area contributed by atoms with Crippen LogP contribution in [-0.4, -0.2) is 18.0 Å². The van der Waals surface area contributed by atoms with Crippen molar-refractivity contribution in [1.29, 1.82) is 0 Å². The summed E-state index contributed by atoms with van der Waals surface area (Å²) < 4.78 is 12.5. The van der Waals surface area contributed by atoms with Crippen LogP contribution in [0.3, 0.4) is 0 Å². The smallest absolute Gasteiger partial charge is 0.241 e. The molecule has 6 rings (SSSR count). The molecule has 0 aliphatic carbocycles. The van der Waals surface area contributed by atoms with Gasteiger partial charge in [0.15, 0.2) is 5.13 Å². The summed E-state index contributed by atoms with van der Waals surface area (Å²) in [6, 6.07) is 31.3. The maximum Gasteiger partial charge on any atom is 0.241 e. The lowest BCUT2D eigenvalue weighted by Crippen LogP contribution is -2.36. The van der Waals surface area contributed by atoms with E-state index < -0.39 is 5.92 Å². The van der Waals surface area contributed by atoms with E-state index in [0.29, 0.717) is 23.2 Å². The summed E-state index contributed by atoms with van der Waals surface area (Å²) >= 11 is 1.51. The van der Waals surface area contributed by atoms with Crippen LogP contribution in [0, 0.1) is 0 Å². The molecule has 0 unspecified atom stereocenters. The minimum Gasteiger partial charge on any atom is -0.497 e. The number of thiazole rings is 1. The zero-order valence-electron chi connectivity index (χ0n) is 19.0. The highest BCUT2D eigenvalue weighted by molar-refractivity contribution is 7.22. The minimum atomic E-state index is -0.499. The largest absolute Gasteiger partial charge is 0.497 e. The quantitative estimate of drug-likeness (QED) is 0.280. The van der Waals surface area contributed by atoms with Gasteiger partial charge in [0.05, 0.1) is 29.8 Å². The molecule has 0 saturated carbocycles. The van der Waals surface area contributed by atoms with Gasteiger partial charge in [-0.25, -0.2) is 4.98 Å². The monoisotopic (exact) mass is 478 g/mol. The van der Waals surface area contributed by atoms with E-state index in [2.05, 4.69) is 0 Å². The van der Waals surface area contributed by atoms with Crippen LogP contribution in [0.15, 0.2) is 97.1 Å². The number of amides is 1. The van der Waals surface area contributed by atoms with Gasteiger partial charge in [0.2, 0.25) is 5.91 Å². The molecule has 0 saturated heterocycles. The third-order valence-electron chi connectivity index (χ3n) is 6.19. The van der Waals surface area contributed by atoms with Gasteiger partial charge < -0.3 is 9.47 Å². The van der Waals surface area contributed by atoms with Gasteiger partial charge in [-0.05, 0) is 29.8 Å². The molecule has 0 fully saturated rings. The molecule has 2 heterocycles. The van der Waals surface area contributed by atoms with Crippen molar-refractivity contribution in [3.05, 3.63) is 114 Å². The molecule has 0 N–H and O–H groups in total. The lowest BCUT2D eigenvalue weighted by Gasteiger charge is -2.31. The Balaban J connectivity index is 1.49. The van der Waals surface area contributed by atoms with Gasteiger partial charge in [-0.3, -0.25) is 9.69 Å². The van der Waals surface area contributed by atoms with Crippen LogP contribution in [0.5, 0.6) is 17.2 Å². The first kappa shape index (κ1) is 21.4. The second-order valence-corrected chi connectivity index (χ2v) is 9.36. The van der Waals surface area contributed by atoms with Gasteiger partial charge >= 0.3 is 0 Å². The van der Waals surface area contributed by atoms with Crippen molar-refractivity contribution < 1.29 is 14.3 Å². The number of hydrogen-bond acceptors (Lipinski definition) is 5. The molecule has 0 spiro atoms. The Morgan fingerprint density at radius 2 is 1.57 bits per heavy atom. The van der Waals surface area contributed by atoms with E-state index in [1.54, 1.807) is 12.0 Å². The van der Waals surface area contributed by atoms with Gasteiger partial charge in [0.1, 0.15) is 17.2 Å². The van der Waals surface area contributed by atoms with E-state index >= 15 is 0 Å². The Labute approximate surface area is 207 Å². The van der Waals surface area contributed by atoms with Crippen molar-refractivity contribution in [2.75, 3.05) is 12.0 Å². The zero-order valence-corrected chi connectivity index (χ0v) is 19.9. The number of hydrogen-bond donors (Lipinski definition) is 0. The molecular weight excluding hydrogens is 456 g/mol. The Hall–Kier alpha value is -4.16. The van der Waals surface area contributed by atoms with E-state index in [-0.39, 0.29) is 5.91 Å². The van der Waals surface area contributed by atoms with Crippen LogP contribution < -0.4 is 14.4 Å². The number of methoxy groups -OCH3 is 1. The molecule has 0 atom stereocenters. The van der Waals surface area contributed by atoms with E-state index in [4.69, 9.17) is 14.5 Å². The van der Waals surface area contributed by atoms with Crippen molar-refractivity contribution in [1.82, 2.24) is 4.98 Å². The van der Waals surface area contributed by atoms with Crippen LogP contribution in [0.4, 0.5) is 5.13 Å². The number of fused-ring (bicyclic) bond motifs is 3. The molecule has 1 amide bonds. The molecule has 1 aliphatic heterocycles. The Morgan fingerprint density at radius 3 is 2.26 bits per heavy atom. The number of aromatic nitrogens is 1. The Morgan fingerprint density at radius 1 is 0.914 bits per heavy atom. The first-order chi connectivity index (χ1) is 17.2. The molecule has 35 heavy (non-hydrogen) atoms. The first-order valence-corrected chi connectivity index (χ1v) is 12.2. The number of ether oxygens (including phenoxy) is 2. The van der Waals surface area contributed by atoms with E-state index in [1.165, 1.54) is 11.3 Å². The normalized spacial score (nSPS) is 12.5. The first-order valence-electron chi connectivity index (χ1n) is 11.4. The average Bonchev–Trinajstić information content (AvgIpc) is 3.33. The fraction of sp³-hybridized carbons (Fsp3) is 0.103. The van der Waals surface area contributed by atoms with Crippen LogP contribution in [-0.2, 0) is 11.3 Å². The molecule has 0 bridgehead atoms. The van der Waals surface area contributed by atoms with Crippen molar-refractivity contribution >= 4 is 32.6 Å². The number of para-hydroxylation sites is 2. The van der Waals surface area contributed by atoms with Gasteiger partial charge in [-0.1, -0.05) is 78.1 Å². The SMILES string of the molecule is COc1ccc2sc(N(Cc3ccccc3)C(=O)C3c4ccccc4Oc4ccccc43)nc2c1. The summed E-state index contributed by atoms with van der Waals surface area (Å²) in [5.74, 6) is 1.61. The molecular formula is C29H22N2O3S. The standard InChI is InChI=1S/C29H22N2O3S/c1-33-20-15-16-26-23(17-20)30-29(35-26)31(18-19-9-3-2-4-10-19)28(32)27-21-11-5-7-13-24(21)34-25-14-8-6-12-22(25)27/h2-17,27H,18H2,1H3. The molecule has 0 radical (unpaired) electrons. The summed E-state index contributed by atoms with van der Waals surface area (Å²) in [6.45, 7) is 0.415. The molecule has 1 aliphatic rings. The minimum absolute atomic E-state index is 0.0388. The maximum atomic E-state index is 14.4. The van der Waals surface area contributed by atoms with E-state index in [1.807, 2.05) is 97.1 Å². The molecule has 5 aromatic rings. The van der Waals surface area contributed by atoms with Crippen molar-refractivity contribution in [3.63, 3.8) is 0 Å². The van der Waals surface area contributed by atoms with Crippen LogP contribution in [0.25, 0.3) is 10.2 Å². The zero-order chi connectivity index (χ0) is 23.8. The number of carbonyl (C=O) groups is 1. The maximum absolute atomic E-state index is 14.4. The number of benzene rings is 4. The average molecular weight is 479 g/mol. The number of nitrogens with zero attached hydrogens (tertiary/aromatic N) is 2. The predicted octanol–water partition coefficient (Wildman–Crippen LogP) is 6.78. The summed E-state index contributed by atoms with van der Waals surface area (Å²) in [5, 5.41) is 0.656. The fourth-order valence-corrected chi connectivity index (χ4v) is 5.43. The lowest BCUT2D eigenvalue weighted by atomic mass is 9.87. The predicted molar refractivity (Wildman–Crippen MR) is 139 cm³/mol. The summed E-state index contributed by atoms with van der Waals surface area (Å²) in [6.07, 6.45) is 0. The summed E-state index contributed by atoms with van der Waals surface area (Å²) in [4.78, 5) is 21.1. The van der Waals surface area contributed by atoms with Crippen LogP contribution in [0.1, 0.15) is 22.6 Å². The van der Waals surface area contributed by atoms with Gasteiger partial charge in [-0.15, -0.1) is 0 Å². The topological polar surface area (TPSA) is 51.7 Å². The highest BCUT2D eigenvalue weighted by atomic mass is 32.1. The molecule has 4 aromatic carbocycles. The molecule has 6 heteroatoms. The summed E-state index contributed by atoms with van der Waals surface area (Å²) in [5.41, 5.74) is 3.56. The summed E-state index contributed by atoms with van der Waals surface area (Å²) in [7, 11) is 1.64. The lowest BCUT2D eigenvalue weighted by molar-refractivity contribution is -0.119. The third kappa shape index (κ3) is 3.92. The van der Waals surface area contributed by atoms with Crippen LogP contribution in [0.2, 0.25) is 0 Å². The molecule has 1 aromatic heterocycles. The third-order valence-corrected chi connectivity index (χ3v) is 7.25. The molecule has 5 nitrogen and oxygen atoms in total. The van der Waals surface area contributed by atoms with Crippen molar-refractivity contribution in [2.24, 2.45) is 0 Å². The second-order valence-electron chi connectivity index (χ2n) is 8.35. The van der Waals surface area contributed by atoms with Gasteiger partial charge in [0, 0.05) is 17.2 Å². The number of anilines is 1. The van der Waals surface area contributed by atoms with Gasteiger partial charge in [0.25, 0.3) is 0 Å². The van der Waals surface area contributed by atoms with Crippen molar-refractivity contribution in [3.8, 4) is 17.2 Å². The Bertz CT molecular complexity index is 1480. The highest BCUT2D eigenvalue weighted by Gasteiger charge is 2.36. The van der Waals surface area contributed by atoms with Crippen molar-refractivity contribution in [2.45, 2.75) is 12.5 Å². The Kier molecular flexibility index (Phi) is 5.43. The second kappa shape index (κ2) is 8.89. The number of carbonyl (C=O) groups excluding carboxylic acids is 1. The van der Waals surface area contributed by atoms with Gasteiger partial charge in [-0.2, -0.15) is 0 Å². The molecule has 172 valence electrons. The number of rotatable bonds is 5. The van der Waals surface area contributed by atoms with E-state index in [9.17, 15) is 4.79 Å². The highest BCUT2D eigenvalue weighted by Crippen LogP contribution is 2.45. The van der Waals surface area contributed by atoms with E-state index in [0.717, 1.165) is 32.7 Å². The fourth-order valence-electron chi connectivity index (χ4n) is 4.48.